The molecule has 0 saturated carbocycles. The van der Waals surface area contributed by atoms with Gasteiger partial charge in [-0.05, 0) is 5.92 Å². The van der Waals surface area contributed by atoms with Crippen molar-refractivity contribution < 1.29 is 14.3 Å². The van der Waals surface area contributed by atoms with Crippen molar-refractivity contribution in [2.75, 3.05) is 26.9 Å². The minimum absolute atomic E-state index is 0.0190. The lowest BCUT2D eigenvalue weighted by Gasteiger charge is -2.26. The highest BCUT2D eigenvalue weighted by molar-refractivity contribution is 5.76. The van der Waals surface area contributed by atoms with Crippen molar-refractivity contribution in [2.45, 2.75) is 38.3 Å². The highest BCUT2D eigenvalue weighted by atomic mass is 16.5. The first-order chi connectivity index (χ1) is 7.99. The highest BCUT2D eigenvalue weighted by Gasteiger charge is 2.35. The van der Waals surface area contributed by atoms with E-state index in [-0.39, 0.29) is 17.6 Å². The summed E-state index contributed by atoms with van der Waals surface area (Å²) >= 11 is 0. The van der Waals surface area contributed by atoms with Gasteiger partial charge in [0.05, 0.1) is 6.61 Å². The van der Waals surface area contributed by atoms with Crippen LogP contribution in [0.3, 0.4) is 0 Å². The smallest absolute Gasteiger partial charge is 0.221 e. The molecule has 0 aromatic heterocycles. The summed E-state index contributed by atoms with van der Waals surface area (Å²) in [6.07, 6.45) is 1.18. The van der Waals surface area contributed by atoms with E-state index in [2.05, 4.69) is 5.32 Å². The van der Waals surface area contributed by atoms with Gasteiger partial charge in [0, 0.05) is 39.1 Å². The summed E-state index contributed by atoms with van der Waals surface area (Å²) in [5.41, 5.74) is 5.50. The minimum atomic E-state index is -0.350. The molecule has 0 aromatic carbocycles. The van der Waals surface area contributed by atoms with Crippen LogP contribution in [-0.4, -0.2) is 44.4 Å². The Morgan fingerprint density at radius 3 is 2.76 bits per heavy atom. The Bertz CT molecular complexity index is 250. The number of ether oxygens (including phenoxy) is 2. The predicted molar refractivity (Wildman–Crippen MR) is 65.6 cm³/mol. The first-order valence-electron chi connectivity index (χ1n) is 6.14. The van der Waals surface area contributed by atoms with Gasteiger partial charge < -0.3 is 20.5 Å². The van der Waals surface area contributed by atoms with Crippen LogP contribution in [0.2, 0.25) is 0 Å². The van der Waals surface area contributed by atoms with Crippen LogP contribution in [0.1, 0.15) is 26.7 Å². The Morgan fingerprint density at radius 1 is 1.59 bits per heavy atom. The topological polar surface area (TPSA) is 73.6 Å². The van der Waals surface area contributed by atoms with Gasteiger partial charge in [-0.25, -0.2) is 0 Å². The van der Waals surface area contributed by atoms with Crippen LogP contribution in [0, 0.1) is 5.92 Å². The highest BCUT2D eigenvalue weighted by Crippen LogP contribution is 2.21. The molecule has 2 atom stereocenters. The number of amides is 1. The molecule has 100 valence electrons. The number of hydrogen-bond acceptors (Lipinski definition) is 4. The van der Waals surface area contributed by atoms with Gasteiger partial charge in [0.25, 0.3) is 0 Å². The zero-order valence-corrected chi connectivity index (χ0v) is 11.0. The lowest BCUT2D eigenvalue weighted by Crippen LogP contribution is -2.46. The fraction of sp³-hybridized carbons (Fsp3) is 0.917. The molecule has 1 amide bonds. The second-order valence-corrected chi connectivity index (χ2v) is 5.08. The van der Waals surface area contributed by atoms with Gasteiger partial charge in [-0.3, -0.25) is 4.79 Å². The third kappa shape index (κ3) is 4.26. The number of hydrogen-bond donors (Lipinski definition) is 2. The van der Waals surface area contributed by atoms with Gasteiger partial charge >= 0.3 is 0 Å². The lowest BCUT2D eigenvalue weighted by atomic mass is 10.0. The molecule has 5 nitrogen and oxygen atoms in total. The van der Waals surface area contributed by atoms with E-state index in [1.807, 2.05) is 13.8 Å². The second kappa shape index (κ2) is 6.33. The zero-order valence-electron chi connectivity index (χ0n) is 11.0. The van der Waals surface area contributed by atoms with E-state index >= 15 is 0 Å². The Morgan fingerprint density at radius 2 is 2.29 bits per heavy atom. The number of rotatable bonds is 6. The third-order valence-corrected chi connectivity index (χ3v) is 3.39. The van der Waals surface area contributed by atoms with Crippen LogP contribution < -0.4 is 11.1 Å². The molecule has 5 heteroatoms. The summed E-state index contributed by atoms with van der Waals surface area (Å²) in [7, 11) is 1.65. The molecule has 17 heavy (non-hydrogen) atoms. The Hall–Kier alpha value is -0.650. The van der Waals surface area contributed by atoms with E-state index < -0.39 is 0 Å². The normalized spacial score (nSPS) is 26.2. The summed E-state index contributed by atoms with van der Waals surface area (Å²) in [6, 6.07) is -0.0895. The van der Waals surface area contributed by atoms with Crippen LogP contribution in [0.25, 0.3) is 0 Å². The summed E-state index contributed by atoms with van der Waals surface area (Å²) in [4.78, 5) is 11.7. The molecule has 0 aromatic rings. The monoisotopic (exact) mass is 244 g/mol. The molecule has 3 N–H and O–H groups in total. The molecule has 0 spiro atoms. The van der Waals surface area contributed by atoms with Crippen LogP contribution in [0.4, 0.5) is 0 Å². The molecule has 2 unspecified atom stereocenters. The Kier molecular flexibility index (Phi) is 5.36. The van der Waals surface area contributed by atoms with Gasteiger partial charge in [0.15, 0.2) is 0 Å². The van der Waals surface area contributed by atoms with Crippen LogP contribution in [0.5, 0.6) is 0 Å². The molecule has 0 bridgehead atoms. The van der Waals surface area contributed by atoms with Crippen molar-refractivity contribution in [3.8, 4) is 0 Å². The molecule has 1 aliphatic rings. The Balaban J connectivity index is 2.32. The quantitative estimate of drug-likeness (QED) is 0.704. The molecular weight excluding hydrogens is 220 g/mol. The molecule has 1 fully saturated rings. The van der Waals surface area contributed by atoms with Gasteiger partial charge in [-0.1, -0.05) is 13.8 Å². The van der Waals surface area contributed by atoms with Gasteiger partial charge in [-0.15, -0.1) is 0 Å². The molecule has 0 radical (unpaired) electrons. The number of nitrogens with two attached hydrogens (primary N) is 1. The molecular formula is C12H24N2O3. The second-order valence-electron chi connectivity index (χ2n) is 5.08. The Labute approximate surface area is 103 Å². The van der Waals surface area contributed by atoms with E-state index in [0.717, 1.165) is 6.42 Å². The fourth-order valence-electron chi connectivity index (χ4n) is 1.74. The average Bonchev–Trinajstić information content (AvgIpc) is 2.75. The summed E-state index contributed by atoms with van der Waals surface area (Å²) in [5, 5.41) is 2.88. The van der Waals surface area contributed by atoms with Crippen molar-refractivity contribution >= 4 is 5.91 Å². The lowest BCUT2D eigenvalue weighted by molar-refractivity contribution is -0.123. The standard InChI is InChI=1S/C12H24N2O3/c1-9(2)10(13)6-11(15)14-7-12(16-3)4-5-17-8-12/h9-10H,4-8,13H2,1-3H3,(H,14,15). The first kappa shape index (κ1) is 14.4. The van der Waals surface area contributed by atoms with E-state index in [4.69, 9.17) is 15.2 Å². The largest absolute Gasteiger partial charge is 0.378 e. The predicted octanol–water partition coefficient (Wildman–Crippen LogP) is 0.282. The molecule has 0 aliphatic carbocycles. The van der Waals surface area contributed by atoms with Crippen molar-refractivity contribution in [1.82, 2.24) is 5.32 Å². The number of carbonyl (C=O) groups excluding carboxylic acids is 1. The summed E-state index contributed by atoms with van der Waals surface area (Å²) < 4.78 is 10.7. The van der Waals surface area contributed by atoms with E-state index in [1.54, 1.807) is 7.11 Å². The third-order valence-electron chi connectivity index (χ3n) is 3.39. The van der Waals surface area contributed by atoms with Crippen molar-refractivity contribution in [3.63, 3.8) is 0 Å². The maximum Gasteiger partial charge on any atom is 0.221 e. The minimum Gasteiger partial charge on any atom is -0.378 e. The average molecular weight is 244 g/mol. The number of methoxy groups -OCH3 is 1. The fourth-order valence-corrected chi connectivity index (χ4v) is 1.74. The number of carbonyl (C=O) groups is 1. The van der Waals surface area contributed by atoms with Crippen LogP contribution in [0.15, 0.2) is 0 Å². The van der Waals surface area contributed by atoms with Crippen molar-refractivity contribution in [2.24, 2.45) is 11.7 Å². The number of nitrogens with one attached hydrogen (secondary N) is 1. The summed E-state index contributed by atoms with van der Waals surface area (Å²) in [6.45, 7) is 5.75. The maximum absolute atomic E-state index is 11.7. The first-order valence-corrected chi connectivity index (χ1v) is 6.14. The van der Waals surface area contributed by atoms with E-state index in [9.17, 15) is 4.79 Å². The SMILES string of the molecule is COC1(CNC(=O)CC(N)C(C)C)CCOC1. The van der Waals surface area contributed by atoms with Gasteiger partial charge in [0.1, 0.15) is 5.60 Å². The van der Waals surface area contributed by atoms with Crippen molar-refractivity contribution in [3.05, 3.63) is 0 Å². The molecule has 1 aliphatic heterocycles. The van der Waals surface area contributed by atoms with E-state index in [0.29, 0.717) is 32.1 Å². The van der Waals surface area contributed by atoms with Crippen LogP contribution >= 0.6 is 0 Å². The summed E-state index contributed by atoms with van der Waals surface area (Å²) in [5.74, 6) is 0.293. The van der Waals surface area contributed by atoms with Crippen LogP contribution in [-0.2, 0) is 14.3 Å². The molecule has 1 heterocycles. The van der Waals surface area contributed by atoms with Gasteiger partial charge in [0.2, 0.25) is 5.91 Å². The molecule has 1 saturated heterocycles. The maximum atomic E-state index is 11.7. The van der Waals surface area contributed by atoms with Crippen molar-refractivity contribution in [1.29, 1.82) is 0 Å². The molecule has 1 rings (SSSR count). The zero-order chi connectivity index (χ0) is 12.9. The van der Waals surface area contributed by atoms with E-state index in [1.165, 1.54) is 0 Å². The van der Waals surface area contributed by atoms with Gasteiger partial charge in [-0.2, -0.15) is 0 Å².